The molecule has 0 fully saturated rings. The molecular weight excluding hydrogens is 333 g/mol. The van der Waals surface area contributed by atoms with Crippen molar-refractivity contribution in [3.8, 4) is 0 Å². The molecule has 0 saturated carbocycles. The van der Waals surface area contributed by atoms with E-state index < -0.39 is 26.8 Å². The molecule has 0 aromatic heterocycles. The lowest BCUT2D eigenvalue weighted by Crippen LogP contribution is -2.35. The molecule has 1 aliphatic rings. The maximum Gasteiger partial charge on any atom is 0.380 e. The lowest BCUT2D eigenvalue weighted by Gasteiger charge is -2.14. The molecule has 1 aliphatic heterocycles. The normalized spacial score (nSPS) is 21.4. The maximum absolute atomic E-state index is 13.5. The van der Waals surface area contributed by atoms with E-state index in [9.17, 15) is 19.3 Å². The summed E-state index contributed by atoms with van der Waals surface area (Å²) in [7, 11) is 0. The molecule has 1 aromatic rings. The number of carbonyl (C=O) groups is 1. The van der Waals surface area contributed by atoms with Crippen molar-refractivity contribution >= 4 is 33.4 Å². The van der Waals surface area contributed by atoms with E-state index in [2.05, 4.69) is 25.9 Å². The molecule has 1 aromatic carbocycles. The highest BCUT2D eigenvalue weighted by Crippen LogP contribution is 2.33. The summed E-state index contributed by atoms with van der Waals surface area (Å²) < 4.78 is 12.0. The SMILES string of the molecule is CC1=NC(Br)(CC(=O)c2ccccc2F)C([N+](=O)[O-])=N1. The predicted octanol–water partition coefficient (Wildman–Crippen LogP) is 2.60. The van der Waals surface area contributed by atoms with Crippen molar-refractivity contribution in [2.24, 2.45) is 9.98 Å². The Labute approximate surface area is 121 Å². The fraction of sp³-hybridized carbons (Fsp3) is 0.250. The highest BCUT2D eigenvalue weighted by molar-refractivity contribution is 9.10. The predicted molar refractivity (Wildman–Crippen MR) is 74.5 cm³/mol. The van der Waals surface area contributed by atoms with Gasteiger partial charge in [-0.3, -0.25) is 4.79 Å². The molecule has 2 rings (SSSR count). The average molecular weight is 342 g/mol. The standard InChI is InChI=1S/C12H9BrFN3O3/c1-7-15-11(17(19)20)12(13,16-7)6-10(18)8-4-2-3-5-9(8)14/h2-5H,6H2,1H3. The number of alkyl halides is 1. The highest BCUT2D eigenvalue weighted by atomic mass is 79.9. The fourth-order valence-corrected chi connectivity index (χ4v) is 2.61. The molecule has 104 valence electrons. The Bertz CT molecular complexity index is 659. The van der Waals surface area contributed by atoms with E-state index in [4.69, 9.17) is 0 Å². The zero-order valence-electron chi connectivity index (χ0n) is 10.3. The number of hydrogen-bond acceptors (Lipinski definition) is 5. The van der Waals surface area contributed by atoms with Crippen molar-refractivity contribution < 1.29 is 14.1 Å². The molecule has 0 N–H and O–H groups in total. The minimum absolute atomic E-state index is 0.131. The second kappa shape index (κ2) is 5.20. The van der Waals surface area contributed by atoms with E-state index in [0.717, 1.165) is 6.07 Å². The molecule has 0 radical (unpaired) electrons. The summed E-state index contributed by atoms with van der Waals surface area (Å²) in [5, 5.41) is 10.9. The minimum Gasteiger partial charge on any atom is -0.358 e. The van der Waals surface area contributed by atoms with Crippen LogP contribution in [0.4, 0.5) is 4.39 Å². The van der Waals surface area contributed by atoms with Crippen LogP contribution in [0.5, 0.6) is 0 Å². The summed E-state index contributed by atoms with van der Waals surface area (Å²) in [5.41, 5.74) is -0.131. The Morgan fingerprint density at radius 1 is 1.50 bits per heavy atom. The van der Waals surface area contributed by atoms with Gasteiger partial charge in [0.15, 0.2) is 5.78 Å². The maximum atomic E-state index is 13.5. The summed E-state index contributed by atoms with van der Waals surface area (Å²) >= 11 is 3.07. The van der Waals surface area contributed by atoms with Crippen LogP contribution in [-0.2, 0) is 0 Å². The van der Waals surface area contributed by atoms with E-state index in [1.165, 1.54) is 25.1 Å². The number of nitrogens with zero attached hydrogens (tertiary/aromatic N) is 3. The summed E-state index contributed by atoms with van der Waals surface area (Å²) in [6.45, 7) is 1.49. The lowest BCUT2D eigenvalue weighted by molar-refractivity contribution is -0.354. The quantitative estimate of drug-likeness (QED) is 0.278. The van der Waals surface area contributed by atoms with Gasteiger partial charge in [-0.2, -0.15) is 0 Å². The number of nitro groups is 1. The first kappa shape index (κ1) is 14.4. The van der Waals surface area contributed by atoms with Gasteiger partial charge in [0, 0.05) is 6.92 Å². The molecule has 6 nitrogen and oxygen atoms in total. The van der Waals surface area contributed by atoms with Crippen LogP contribution in [0.15, 0.2) is 34.3 Å². The van der Waals surface area contributed by atoms with Crippen molar-refractivity contribution in [2.75, 3.05) is 0 Å². The smallest absolute Gasteiger partial charge is 0.358 e. The van der Waals surface area contributed by atoms with Crippen LogP contribution in [-0.4, -0.2) is 26.8 Å². The molecule has 0 amide bonds. The number of benzene rings is 1. The van der Waals surface area contributed by atoms with Crippen LogP contribution < -0.4 is 0 Å². The Hall–Kier alpha value is -1.96. The number of rotatable bonds is 3. The monoisotopic (exact) mass is 341 g/mol. The first-order valence-corrected chi connectivity index (χ1v) is 6.39. The third-order valence-electron chi connectivity index (χ3n) is 2.69. The second-order valence-electron chi connectivity index (χ2n) is 4.19. The fourth-order valence-electron chi connectivity index (χ4n) is 1.87. The van der Waals surface area contributed by atoms with E-state index in [-0.39, 0.29) is 17.8 Å². The summed E-state index contributed by atoms with van der Waals surface area (Å²) in [4.78, 5) is 30.0. The first-order valence-electron chi connectivity index (χ1n) is 5.60. The van der Waals surface area contributed by atoms with Crippen LogP contribution in [0.1, 0.15) is 23.7 Å². The van der Waals surface area contributed by atoms with E-state index in [1.54, 1.807) is 0 Å². The Morgan fingerprint density at radius 2 is 2.15 bits per heavy atom. The van der Waals surface area contributed by atoms with Gasteiger partial charge >= 0.3 is 5.84 Å². The number of halogens is 2. The van der Waals surface area contributed by atoms with Crippen molar-refractivity contribution in [3.05, 3.63) is 45.8 Å². The minimum atomic E-state index is -1.54. The van der Waals surface area contributed by atoms with Gasteiger partial charge in [0.25, 0.3) is 0 Å². The van der Waals surface area contributed by atoms with E-state index >= 15 is 0 Å². The van der Waals surface area contributed by atoms with Crippen LogP contribution in [0, 0.1) is 15.9 Å². The van der Waals surface area contributed by atoms with Gasteiger partial charge in [0.1, 0.15) is 5.82 Å². The molecule has 0 spiro atoms. The van der Waals surface area contributed by atoms with Crippen LogP contribution in [0.25, 0.3) is 0 Å². The van der Waals surface area contributed by atoms with E-state index in [1.807, 2.05) is 0 Å². The number of amidine groups is 2. The Morgan fingerprint density at radius 3 is 2.75 bits per heavy atom. The van der Waals surface area contributed by atoms with Crippen molar-refractivity contribution in [1.82, 2.24) is 0 Å². The highest BCUT2D eigenvalue weighted by Gasteiger charge is 2.48. The zero-order valence-corrected chi connectivity index (χ0v) is 11.9. The van der Waals surface area contributed by atoms with Gasteiger partial charge in [-0.05, 0) is 38.0 Å². The van der Waals surface area contributed by atoms with Gasteiger partial charge in [0.2, 0.25) is 10.3 Å². The van der Waals surface area contributed by atoms with Crippen molar-refractivity contribution in [2.45, 2.75) is 17.8 Å². The molecule has 20 heavy (non-hydrogen) atoms. The van der Waals surface area contributed by atoms with Crippen molar-refractivity contribution in [3.63, 3.8) is 0 Å². The lowest BCUT2D eigenvalue weighted by atomic mass is 10.0. The number of carbonyl (C=O) groups excluding carboxylic acids is 1. The molecule has 0 saturated heterocycles. The Kier molecular flexibility index (Phi) is 3.76. The number of aliphatic imine (C=N–C) groups is 2. The topological polar surface area (TPSA) is 84.9 Å². The molecule has 1 unspecified atom stereocenters. The molecule has 0 aliphatic carbocycles. The van der Waals surface area contributed by atoms with Gasteiger partial charge < -0.3 is 10.1 Å². The van der Waals surface area contributed by atoms with Crippen LogP contribution in [0.2, 0.25) is 0 Å². The average Bonchev–Trinajstić information content (AvgIpc) is 2.64. The van der Waals surface area contributed by atoms with Gasteiger partial charge in [0.05, 0.1) is 12.0 Å². The molecule has 1 heterocycles. The van der Waals surface area contributed by atoms with Gasteiger partial charge in [-0.25, -0.2) is 9.38 Å². The third-order valence-corrected chi connectivity index (χ3v) is 3.50. The third kappa shape index (κ3) is 2.64. The van der Waals surface area contributed by atoms with Crippen LogP contribution in [0.3, 0.4) is 0 Å². The van der Waals surface area contributed by atoms with Crippen LogP contribution >= 0.6 is 15.9 Å². The number of Topliss-reactive ketones (excluding diaryl/α,β-unsaturated/α-hetero) is 1. The molecule has 0 bridgehead atoms. The van der Waals surface area contributed by atoms with Gasteiger partial charge in [-0.1, -0.05) is 12.1 Å². The molecule has 1 atom stereocenters. The van der Waals surface area contributed by atoms with Gasteiger partial charge in [-0.15, -0.1) is 0 Å². The molecule has 8 heteroatoms. The van der Waals surface area contributed by atoms with E-state index in [0.29, 0.717) is 0 Å². The summed E-state index contributed by atoms with van der Waals surface area (Å²) in [6.07, 6.45) is -0.384. The largest absolute Gasteiger partial charge is 0.380 e. The number of ketones is 1. The second-order valence-corrected chi connectivity index (χ2v) is 5.50. The zero-order chi connectivity index (χ0) is 14.9. The summed E-state index contributed by atoms with van der Waals surface area (Å²) in [5.74, 6) is -1.55. The number of hydrogen-bond donors (Lipinski definition) is 0. The molecular formula is C12H9BrFN3O3. The van der Waals surface area contributed by atoms with Crippen molar-refractivity contribution in [1.29, 1.82) is 0 Å². The Balaban J connectivity index is 2.30. The first-order chi connectivity index (χ1) is 9.33. The summed E-state index contributed by atoms with van der Waals surface area (Å²) in [6, 6.07) is 5.45.